The lowest BCUT2D eigenvalue weighted by atomic mass is 9.85. The lowest BCUT2D eigenvalue weighted by Gasteiger charge is -2.42. The largest absolute Gasteiger partial charge is 0.480 e. The van der Waals surface area contributed by atoms with Crippen LogP contribution in [0.25, 0.3) is 0 Å². The van der Waals surface area contributed by atoms with Gasteiger partial charge in [-0.05, 0) is 43.7 Å². The molecule has 2 aliphatic rings. The predicted octanol–water partition coefficient (Wildman–Crippen LogP) is 1.67. The van der Waals surface area contributed by atoms with E-state index in [2.05, 4.69) is 15.6 Å². The van der Waals surface area contributed by atoms with Gasteiger partial charge in [0, 0.05) is 18.6 Å². The third-order valence-electron chi connectivity index (χ3n) is 4.46. The number of hydrogen-bond acceptors (Lipinski definition) is 4. The Balaban J connectivity index is 1.42. The molecule has 24 heavy (non-hydrogen) atoms. The van der Waals surface area contributed by atoms with Crippen molar-refractivity contribution in [3.63, 3.8) is 0 Å². The topological polar surface area (TPSA) is 94.6 Å². The Morgan fingerprint density at radius 2 is 2.08 bits per heavy atom. The van der Waals surface area contributed by atoms with Crippen molar-refractivity contribution in [2.45, 2.75) is 37.8 Å². The SMILES string of the molecule is O=C(O)CN(CC1CC1)C1CC(NC(=O)Nc2ccc(F)cn2)C1. The molecular weight excluding hydrogens is 315 g/mol. The van der Waals surface area contributed by atoms with Crippen LogP contribution >= 0.6 is 0 Å². The summed E-state index contributed by atoms with van der Waals surface area (Å²) in [4.78, 5) is 28.6. The lowest BCUT2D eigenvalue weighted by molar-refractivity contribution is -0.139. The number of amides is 2. The van der Waals surface area contributed by atoms with Crippen LogP contribution < -0.4 is 10.6 Å². The summed E-state index contributed by atoms with van der Waals surface area (Å²) in [5.41, 5.74) is 0. The number of rotatable bonds is 7. The van der Waals surface area contributed by atoms with Gasteiger partial charge in [-0.1, -0.05) is 0 Å². The number of carbonyl (C=O) groups is 2. The van der Waals surface area contributed by atoms with Crippen LogP contribution in [-0.2, 0) is 4.79 Å². The molecule has 0 radical (unpaired) electrons. The number of nitrogens with zero attached hydrogens (tertiary/aromatic N) is 2. The third-order valence-corrected chi connectivity index (χ3v) is 4.46. The van der Waals surface area contributed by atoms with Crippen molar-refractivity contribution in [1.29, 1.82) is 0 Å². The van der Waals surface area contributed by atoms with Crippen LogP contribution in [0, 0.1) is 11.7 Å². The normalized spacial score (nSPS) is 22.8. The number of halogens is 1. The van der Waals surface area contributed by atoms with E-state index in [9.17, 15) is 14.0 Å². The molecule has 3 N–H and O–H groups in total. The zero-order valence-corrected chi connectivity index (χ0v) is 13.2. The molecule has 3 rings (SSSR count). The number of aromatic nitrogens is 1. The zero-order valence-electron chi connectivity index (χ0n) is 13.2. The van der Waals surface area contributed by atoms with Crippen LogP contribution in [0.4, 0.5) is 15.0 Å². The molecule has 130 valence electrons. The smallest absolute Gasteiger partial charge is 0.320 e. The molecule has 2 aliphatic carbocycles. The van der Waals surface area contributed by atoms with Crippen LogP contribution in [0.5, 0.6) is 0 Å². The van der Waals surface area contributed by atoms with Gasteiger partial charge in [0.2, 0.25) is 0 Å². The maximum atomic E-state index is 12.8. The first kappa shape index (κ1) is 16.6. The second-order valence-corrected chi connectivity index (χ2v) is 6.55. The van der Waals surface area contributed by atoms with Crippen LogP contribution in [0.1, 0.15) is 25.7 Å². The molecule has 0 aromatic carbocycles. The minimum atomic E-state index is -0.813. The molecule has 0 unspecified atom stereocenters. The highest BCUT2D eigenvalue weighted by Gasteiger charge is 2.37. The number of carboxylic acid groups (broad SMARTS) is 1. The number of pyridine rings is 1. The molecule has 0 spiro atoms. The maximum Gasteiger partial charge on any atom is 0.320 e. The minimum Gasteiger partial charge on any atom is -0.480 e. The molecular formula is C16H21FN4O3. The van der Waals surface area contributed by atoms with E-state index in [1.54, 1.807) is 0 Å². The maximum absolute atomic E-state index is 12.8. The van der Waals surface area contributed by atoms with Crippen molar-refractivity contribution in [3.05, 3.63) is 24.1 Å². The van der Waals surface area contributed by atoms with E-state index in [4.69, 9.17) is 5.11 Å². The van der Waals surface area contributed by atoms with Gasteiger partial charge in [0.1, 0.15) is 11.6 Å². The van der Waals surface area contributed by atoms with Crippen molar-refractivity contribution >= 4 is 17.8 Å². The summed E-state index contributed by atoms with van der Waals surface area (Å²) in [7, 11) is 0. The van der Waals surface area contributed by atoms with Gasteiger partial charge < -0.3 is 10.4 Å². The third kappa shape index (κ3) is 4.64. The lowest BCUT2D eigenvalue weighted by Crippen LogP contribution is -2.55. The van der Waals surface area contributed by atoms with E-state index in [0.717, 1.165) is 25.6 Å². The van der Waals surface area contributed by atoms with E-state index in [-0.39, 0.29) is 30.5 Å². The Kier molecular flexibility index (Phi) is 4.94. The molecule has 2 amide bonds. The fourth-order valence-corrected chi connectivity index (χ4v) is 2.94. The Labute approximate surface area is 139 Å². The van der Waals surface area contributed by atoms with Crippen LogP contribution in [0.3, 0.4) is 0 Å². The fraction of sp³-hybridized carbons (Fsp3) is 0.562. The summed E-state index contributed by atoms with van der Waals surface area (Å²) in [6.07, 6.45) is 4.88. The van der Waals surface area contributed by atoms with Gasteiger partial charge >= 0.3 is 12.0 Å². The number of carboxylic acids is 1. The van der Waals surface area contributed by atoms with Gasteiger partial charge in [0.25, 0.3) is 0 Å². The Bertz CT molecular complexity index is 600. The van der Waals surface area contributed by atoms with Crippen LogP contribution in [-0.4, -0.2) is 52.2 Å². The van der Waals surface area contributed by atoms with E-state index >= 15 is 0 Å². The molecule has 0 aliphatic heterocycles. The Hall–Kier alpha value is -2.22. The van der Waals surface area contributed by atoms with Gasteiger partial charge in [-0.2, -0.15) is 0 Å². The fourth-order valence-electron chi connectivity index (χ4n) is 2.94. The van der Waals surface area contributed by atoms with E-state index < -0.39 is 11.8 Å². The number of aliphatic carboxylic acids is 1. The number of hydrogen-bond donors (Lipinski definition) is 3. The standard InChI is InChI=1S/C16H21FN4O3/c17-11-3-4-14(18-7-11)20-16(24)19-12-5-13(6-12)21(9-15(22)23)8-10-1-2-10/h3-4,7,10,12-13H,1-2,5-6,8-9H2,(H,22,23)(H2,18,19,20,24). The van der Waals surface area contributed by atoms with Crippen molar-refractivity contribution in [2.24, 2.45) is 5.92 Å². The summed E-state index contributed by atoms with van der Waals surface area (Å²) in [6.45, 7) is 0.884. The minimum absolute atomic E-state index is 0.0194. The summed E-state index contributed by atoms with van der Waals surface area (Å²) >= 11 is 0. The molecule has 7 nitrogen and oxygen atoms in total. The van der Waals surface area contributed by atoms with Crippen molar-refractivity contribution in [3.8, 4) is 0 Å². The van der Waals surface area contributed by atoms with Gasteiger partial charge in [-0.25, -0.2) is 14.2 Å². The van der Waals surface area contributed by atoms with Crippen LogP contribution in [0.15, 0.2) is 18.3 Å². The van der Waals surface area contributed by atoms with Crippen molar-refractivity contribution in [1.82, 2.24) is 15.2 Å². The predicted molar refractivity (Wildman–Crippen MR) is 85.1 cm³/mol. The van der Waals surface area contributed by atoms with Gasteiger partial charge in [-0.3, -0.25) is 15.0 Å². The quantitative estimate of drug-likeness (QED) is 0.704. The van der Waals surface area contributed by atoms with E-state index in [1.807, 2.05) is 4.90 Å². The summed E-state index contributed by atoms with van der Waals surface area (Å²) in [6, 6.07) is 2.46. The molecule has 0 bridgehead atoms. The second kappa shape index (κ2) is 7.12. The van der Waals surface area contributed by atoms with Crippen molar-refractivity contribution < 1.29 is 19.1 Å². The molecule has 2 saturated carbocycles. The molecule has 1 heterocycles. The molecule has 1 aromatic rings. The van der Waals surface area contributed by atoms with Gasteiger partial charge in [0.15, 0.2) is 0 Å². The number of anilines is 1. The van der Waals surface area contributed by atoms with E-state index in [1.165, 1.54) is 25.0 Å². The van der Waals surface area contributed by atoms with Crippen LogP contribution in [0.2, 0.25) is 0 Å². The Morgan fingerprint density at radius 1 is 1.33 bits per heavy atom. The highest BCUT2D eigenvalue weighted by Crippen LogP contribution is 2.33. The first-order valence-corrected chi connectivity index (χ1v) is 8.14. The zero-order chi connectivity index (χ0) is 17.1. The average molecular weight is 336 g/mol. The first-order valence-electron chi connectivity index (χ1n) is 8.14. The Morgan fingerprint density at radius 3 is 2.67 bits per heavy atom. The number of carbonyl (C=O) groups excluding carboxylic acids is 1. The highest BCUT2D eigenvalue weighted by atomic mass is 19.1. The monoisotopic (exact) mass is 336 g/mol. The molecule has 1 aromatic heterocycles. The highest BCUT2D eigenvalue weighted by molar-refractivity contribution is 5.88. The molecule has 0 saturated heterocycles. The first-order chi connectivity index (χ1) is 11.5. The van der Waals surface area contributed by atoms with Crippen molar-refractivity contribution in [2.75, 3.05) is 18.4 Å². The molecule has 2 fully saturated rings. The number of nitrogens with one attached hydrogen (secondary N) is 2. The number of urea groups is 1. The summed E-state index contributed by atoms with van der Waals surface area (Å²) < 4.78 is 12.8. The summed E-state index contributed by atoms with van der Waals surface area (Å²) in [5.74, 6) is -0.362. The van der Waals surface area contributed by atoms with Gasteiger partial charge in [0.05, 0.1) is 12.7 Å². The molecule has 8 heteroatoms. The summed E-state index contributed by atoms with van der Waals surface area (Å²) in [5, 5.41) is 14.4. The van der Waals surface area contributed by atoms with E-state index in [0.29, 0.717) is 5.92 Å². The van der Waals surface area contributed by atoms with Gasteiger partial charge in [-0.15, -0.1) is 0 Å². The molecule has 0 atom stereocenters. The average Bonchev–Trinajstić information content (AvgIpc) is 3.28. The second-order valence-electron chi connectivity index (χ2n) is 6.55.